The Labute approximate surface area is 186 Å². The van der Waals surface area contributed by atoms with Crippen molar-refractivity contribution in [2.24, 2.45) is 18.4 Å². The molecule has 1 aromatic carbocycles. The van der Waals surface area contributed by atoms with Crippen LogP contribution in [0.15, 0.2) is 36.4 Å². The molecule has 3 aliphatic rings. The highest BCUT2D eigenvalue weighted by atomic mass is 16.2. The Bertz CT molecular complexity index is 952. The Hall–Kier alpha value is -2.14. The summed E-state index contributed by atoms with van der Waals surface area (Å²) in [4.78, 5) is 16.3. The molecule has 3 fully saturated rings. The molecule has 0 spiro atoms. The first kappa shape index (κ1) is 20.7. The molecule has 31 heavy (non-hydrogen) atoms. The van der Waals surface area contributed by atoms with Crippen LogP contribution >= 0.6 is 0 Å². The molecule has 1 amide bonds. The number of carbonyl (C=O) groups excluding carboxylic acids is 1. The number of nitrogens with one attached hydrogen (secondary N) is 1. The molecule has 2 aromatic rings. The summed E-state index contributed by atoms with van der Waals surface area (Å²) < 4.78 is 1.81. The molecule has 3 heterocycles. The van der Waals surface area contributed by atoms with Crippen LogP contribution in [0.25, 0.3) is 0 Å². The molecule has 0 unspecified atom stereocenters. The highest BCUT2D eigenvalue weighted by Gasteiger charge is 2.61. The van der Waals surface area contributed by atoms with Crippen molar-refractivity contribution in [1.29, 1.82) is 0 Å². The first-order valence-electron chi connectivity index (χ1n) is 12.0. The van der Waals surface area contributed by atoms with Crippen molar-refractivity contribution in [3.8, 4) is 0 Å². The van der Waals surface area contributed by atoms with E-state index < -0.39 is 0 Å². The maximum atomic E-state index is 14.0. The fourth-order valence-corrected chi connectivity index (χ4v) is 6.63. The van der Waals surface area contributed by atoms with E-state index in [0.717, 1.165) is 37.1 Å². The molecular formula is C26H36N4O. The zero-order valence-corrected chi connectivity index (χ0v) is 19.3. The highest BCUT2D eigenvalue weighted by molar-refractivity contribution is 5.93. The van der Waals surface area contributed by atoms with Crippen molar-refractivity contribution >= 4 is 5.91 Å². The van der Waals surface area contributed by atoms with Crippen LogP contribution in [0.4, 0.5) is 0 Å². The summed E-state index contributed by atoms with van der Waals surface area (Å²) in [5, 5.41) is 8.67. The minimum atomic E-state index is 0.172. The summed E-state index contributed by atoms with van der Waals surface area (Å²) in [6.45, 7) is 6.81. The Morgan fingerprint density at radius 2 is 2.03 bits per heavy atom. The first-order chi connectivity index (χ1) is 14.9. The third-order valence-electron chi connectivity index (χ3n) is 8.05. The maximum absolute atomic E-state index is 14.0. The van der Waals surface area contributed by atoms with Crippen molar-refractivity contribution in [2.75, 3.05) is 0 Å². The van der Waals surface area contributed by atoms with Crippen LogP contribution in [0.2, 0.25) is 0 Å². The van der Waals surface area contributed by atoms with E-state index in [1.807, 2.05) is 17.8 Å². The SMILES string of the molecule is CC(C)Cc1cc(C(=O)N2[C@H]3CCC[C@H]4N[C@H](Cc5ccccc5)[C@@H]2C[C@@]34C)n(C)n1. The van der Waals surface area contributed by atoms with E-state index in [4.69, 9.17) is 0 Å². The fraction of sp³-hybridized carbons (Fsp3) is 0.615. The molecule has 2 aliphatic heterocycles. The lowest BCUT2D eigenvalue weighted by atomic mass is 9.65. The van der Waals surface area contributed by atoms with Crippen molar-refractivity contribution in [1.82, 2.24) is 20.0 Å². The standard InChI is InChI=1S/C26H36N4O/c1-17(2)13-19-15-21(29(4)28-19)25(31)30-22-16-26(3)23(11-8-12-24(26)30)27-20(22)14-18-9-6-5-7-10-18/h5-7,9-10,15,17,20,22-24,27H,8,11-14,16H2,1-4H3/t20-,22+,23-,24+,26-/m1/s1. The maximum Gasteiger partial charge on any atom is 0.272 e. The lowest BCUT2D eigenvalue weighted by molar-refractivity contribution is 0.0548. The van der Waals surface area contributed by atoms with Crippen LogP contribution in [0, 0.1) is 11.3 Å². The normalized spacial score (nSPS) is 32.0. The summed E-state index contributed by atoms with van der Waals surface area (Å²) >= 11 is 0. The van der Waals surface area contributed by atoms with Gasteiger partial charge in [0.2, 0.25) is 0 Å². The number of aromatic nitrogens is 2. The zero-order chi connectivity index (χ0) is 21.8. The number of rotatable bonds is 5. The van der Waals surface area contributed by atoms with E-state index in [-0.39, 0.29) is 17.4 Å². The van der Waals surface area contributed by atoms with Crippen molar-refractivity contribution in [3.63, 3.8) is 0 Å². The Morgan fingerprint density at radius 1 is 1.26 bits per heavy atom. The fourth-order valence-electron chi connectivity index (χ4n) is 6.63. The van der Waals surface area contributed by atoms with E-state index >= 15 is 0 Å². The van der Waals surface area contributed by atoms with E-state index in [0.29, 0.717) is 24.0 Å². The molecule has 2 saturated heterocycles. The van der Waals surface area contributed by atoms with Crippen LogP contribution in [0.1, 0.15) is 68.2 Å². The molecule has 166 valence electrons. The molecule has 1 aliphatic carbocycles. The Balaban J connectivity index is 1.48. The minimum absolute atomic E-state index is 0.172. The van der Waals surface area contributed by atoms with Gasteiger partial charge in [0.1, 0.15) is 5.69 Å². The Morgan fingerprint density at radius 3 is 2.77 bits per heavy atom. The largest absolute Gasteiger partial charge is 0.329 e. The van der Waals surface area contributed by atoms with Gasteiger partial charge in [-0.2, -0.15) is 5.10 Å². The second-order valence-electron chi connectivity index (χ2n) is 10.7. The van der Waals surface area contributed by atoms with Crippen LogP contribution in [0.5, 0.6) is 0 Å². The van der Waals surface area contributed by atoms with Gasteiger partial charge in [0.15, 0.2) is 0 Å². The Kier molecular flexibility index (Phi) is 5.20. The van der Waals surface area contributed by atoms with E-state index in [1.165, 1.54) is 18.4 Å². The van der Waals surface area contributed by atoms with E-state index in [2.05, 4.69) is 66.4 Å². The number of amides is 1. The van der Waals surface area contributed by atoms with Gasteiger partial charge in [-0.15, -0.1) is 0 Å². The van der Waals surface area contributed by atoms with Crippen molar-refractivity contribution in [2.45, 2.75) is 83.5 Å². The highest BCUT2D eigenvalue weighted by Crippen LogP contribution is 2.53. The van der Waals surface area contributed by atoms with Gasteiger partial charge in [0.05, 0.1) is 5.69 Å². The molecule has 1 aromatic heterocycles. The number of aryl methyl sites for hydroxylation is 1. The van der Waals surface area contributed by atoms with Gasteiger partial charge in [-0.1, -0.05) is 51.1 Å². The molecule has 1 N–H and O–H groups in total. The molecule has 2 bridgehead atoms. The number of piperidine rings is 1. The van der Waals surface area contributed by atoms with Crippen molar-refractivity contribution in [3.05, 3.63) is 53.3 Å². The summed E-state index contributed by atoms with van der Waals surface area (Å²) in [5.74, 6) is 0.701. The predicted octanol–water partition coefficient (Wildman–Crippen LogP) is 3.98. The van der Waals surface area contributed by atoms with Gasteiger partial charge in [-0.05, 0) is 56.1 Å². The van der Waals surface area contributed by atoms with Gasteiger partial charge in [0, 0.05) is 36.6 Å². The first-order valence-corrected chi connectivity index (χ1v) is 12.0. The van der Waals surface area contributed by atoms with Gasteiger partial charge < -0.3 is 10.2 Å². The number of nitrogens with zero attached hydrogens (tertiary/aromatic N) is 3. The monoisotopic (exact) mass is 420 g/mol. The average Bonchev–Trinajstić information content (AvgIpc) is 3.24. The smallest absolute Gasteiger partial charge is 0.272 e. The van der Waals surface area contributed by atoms with Gasteiger partial charge in [0.25, 0.3) is 5.91 Å². The third-order valence-corrected chi connectivity index (χ3v) is 8.05. The van der Waals surface area contributed by atoms with Gasteiger partial charge in [-0.3, -0.25) is 9.48 Å². The lowest BCUT2D eigenvalue weighted by Gasteiger charge is -2.46. The summed E-state index contributed by atoms with van der Waals surface area (Å²) in [7, 11) is 1.92. The second kappa shape index (κ2) is 7.77. The zero-order valence-electron chi connectivity index (χ0n) is 19.3. The minimum Gasteiger partial charge on any atom is -0.329 e. The van der Waals surface area contributed by atoms with Crippen LogP contribution < -0.4 is 5.32 Å². The van der Waals surface area contributed by atoms with E-state index in [9.17, 15) is 4.79 Å². The van der Waals surface area contributed by atoms with Crippen LogP contribution in [-0.4, -0.2) is 44.8 Å². The predicted molar refractivity (Wildman–Crippen MR) is 123 cm³/mol. The van der Waals surface area contributed by atoms with E-state index in [1.54, 1.807) is 0 Å². The molecule has 1 saturated carbocycles. The number of fused-ring (bicyclic) bond motifs is 1. The number of benzene rings is 1. The second-order valence-corrected chi connectivity index (χ2v) is 10.7. The number of hydrogen-bond acceptors (Lipinski definition) is 3. The summed E-state index contributed by atoms with van der Waals surface area (Å²) in [6.07, 6.45) is 6.51. The molecule has 5 heteroatoms. The average molecular weight is 421 g/mol. The molecule has 5 atom stereocenters. The van der Waals surface area contributed by atoms with Gasteiger partial charge >= 0.3 is 0 Å². The van der Waals surface area contributed by atoms with Crippen molar-refractivity contribution < 1.29 is 4.79 Å². The van der Waals surface area contributed by atoms with Gasteiger partial charge in [-0.25, -0.2) is 0 Å². The number of likely N-dealkylation sites (tertiary alicyclic amines) is 1. The summed E-state index contributed by atoms with van der Waals surface area (Å²) in [6, 6.07) is 14.1. The summed E-state index contributed by atoms with van der Waals surface area (Å²) in [5.41, 5.74) is 3.28. The quantitative estimate of drug-likeness (QED) is 0.796. The molecular weight excluding hydrogens is 384 g/mol. The van der Waals surface area contributed by atoms with Crippen LogP contribution in [0.3, 0.4) is 0 Å². The molecule has 5 nitrogen and oxygen atoms in total. The third kappa shape index (κ3) is 3.51. The number of hydrogen-bond donors (Lipinski definition) is 1. The topological polar surface area (TPSA) is 50.2 Å². The lowest BCUT2D eigenvalue weighted by Crippen LogP contribution is -2.58. The molecule has 0 radical (unpaired) electrons. The molecule has 5 rings (SSSR count). The number of carbonyl (C=O) groups is 1. The van der Waals surface area contributed by atoms with Crippen LogP contribution in [-0.2, 0) is 19.9 Å².